The molecule has 0 bridgehead atoms. The van der Waals surface area contributed by atoms with Crippen molar-refractivity contribution >= 4 is 53.2 Å². The van der Waals surface area contributed by atoms with Gasteiger partial charge in [-0.3, -0.25) is 38.4 Å². The first kappa shape index (κ1) is 48.0. The highest BCUT2D eigenvalue weighted by molar-refractivity contribution is 6.38. The van der Waals surface area contributed by atoms with Crippen molar-refractivity contribution < 1.29 is 57.7 Å². The van der Waals surface area contributed by atoms with Gasteiger partial charge in [-0.05, 0) is 78.9 Å². The number of nitrogens with zero attached hydrogens (tertiary/aromatic N) is 1. The Morgan fingerprint density at radius 1 is 0.864 bits per heavy atom. The van der Waals surface area contributed by atoms with Crippen LogP contribution in [0.3, 0.4) is 0 Å². The molecule has 0 spiro atoms. The highest BCUT2D eigenvalue weighted by Gasteiger charge is 2.46. The number of ether oxygens (including phenoxy) is 2. The van der Waals surface area contributed by atoms with Crippen molar-refractivity contribution in [3.05, 3.63) is 35.4 Å². The van der Waals surface area contributed by atoms with Crippen molar-refractivity contribution in [1.29, 1.82) is 0 Å². The molecule has 1 aliphatic heterocycles. The molecule has 3 rings (SSSR count). The molecule has 6 amide bonds. The SMILES string of the molecule is CCCC(NC(=O)C1CC(OC(C)(C)C)CN1C(=O)C(NC(=O)c1ccccc1C(=O)O)C1CCCCC1)C(=O)C(=O)NCC(=O)NC(CC(=O)OC(C)(C)C)C(N)=O. The van der Waals surface area contributed by atoms with Crippen LogP contribution in [0.5, 0.6) is 0 Å². The van der Waals surface area contributed by atoms with Gasteiger partial charge in [-0.15, -0.1) is 0 Å². The number of amides is 6. The molecule has 5 unspecified atom stereocenters. The van der Waals surface area contributed by atoms with Crippen LogP contribution in [0.1, 0.15) is 127 Å². The van der Waals surface area contributed by atoms with Crippen LogP contribution in [0, 0.1) is 5.92 Å². The zero-order chi connectivity index (χ0) is 44.2. The monoisotopic (exact) mass is 828 g/mol. The minimum Gasteiger partial charge on any atom is -0.478 e. The summed E-state index contributed by atoms with van der Waals surface area (Å²) in [4.78, 5) is 119. The minimum absolute atomic E-state index is 0.0240. The quantitative estimate of drug-likeness (QED) is 0.0909. The van der Waals surface area contributed by atoms with E-state index in [2.05, 4.69) is 21.3 Å². The first-order chi connectivity index (χ1) is 27.5. The molecule has 0 aromatic heterocycles. The van der Waals surface area contributed by atoms with Gasteiger partial charge in [0, 0.05) is 13.0 Å². The molecule has 7 N–H and O–H groups in total. The Labute approximate surface area is 344 Å². The largest absolute Gasteiger partial charge is 0.478 e. The van der Waals surface area contributed by atoms with Crippen molar-refractivity contribution in [2.24, 2.45) is 11.7 Å². The number of esters is 1. The maximum absolute atomic E-state index is 14.6. The number of rotatable bonds is 18. The molecule has 1 heterocycles. The lowest BCUT2D eigenvalue weighted by molar-refractivity contribution is -0.156. The molecule has 18 heteroatoms. The number of primary amides is 1. The molecular formula is C41H60N6O12. The lowest BCUT2D eigenvalue weighted by atomic mass is 9.83. The van der Waals surface area contributed by atoms with Crippen LogP contribution in [-0.4, -0.2) is 118 Å². The standard InChI is InChI=1S/C41H60N6O12/c1-8-14-27(33(50)37(54)43-21-30(48)44-28(34(42)51)20-31(49)59-41(5,6)7)45-36(53)29-19-24(58-40(2,3)4)22-47(29)38(55)32(23-15-10-9-11-16-23)46-35(52)25-17-12-13-18-26(25)39(56)57/h12-13,17-18,23-24,27-29,32H,8-11,14-16,19-22H2,1-7H3,(H2,42,51)(H,43,54)(H,44,48)(H,45,53)(H,46,52)(H,56,57). The molecule has 1 saturated carbocycles. The molecule has 1 saturated heterocycles. The summed E-state index contributed by atoms with van der Waals surface area (Å²) in [5.41, 5.74) is 3.46. The summed E-state index contributed by atoms with van der Waals surface area (Å²) in [7, 11) is 0. The average molecular weight is 829 g/mol. The van der Waals surface area contributed by atoms with Crippen molar-refractivity contribution in [2.45, 2.75) is 148 Å². The van der Waals surface area contributed by atoms with E-state index in [9.17, 15) is 48.3 Å². The first-order valence-electron chi connectivity index (χ1n) is 20.1. The summed E-state index contributed by atoms with van der Waals surface area (Å²) in [6.45, 7) is 11.3. The van der Waals surface area contributed by atoms with Gasteiger partial charge in [-0.2, -0.15) is 0 Å². The zero-order valence-corrected chi connectivity index (χ0v) is 35.0. The molecule has 18 nitrogen and oxygen atoms in total. The Balaban J connectivity index is 1.80. The number of hydrogen-bond acceptors (Lipinski definition) is 11. The number of ketones is 1. The molecule has 1 aromatic rings. The zero-order valence-electron chi connectivity index (χ0n) is 35.0. The van der Waals surface area contributed by atoms with Crippen molar-refractivity contribution in [3.8, 4) is 0 Å². The van der Waals surface area contributed by atoms with Gasteiger partial charge in [-0.1, -0.05) is 44.7 Å². The Kier molecular flexibility index (Phi) is 17.1. The van der Waals surface area contributed by atoms with E-state index in [4.69, 9.17) is 15.2 Å². The summed E-state index contributed by atoms with van der Waals surface area (Å²) in [5, 5.41) is 19.6. The maximum atomic E-state index is 14.6. The van der Waals surface area contributed by atoms with Crippen LogP contribution in [0.15, 0.2) is 24.3 Å². The molecular weight excluding hydrogens is 768 g/mol. The van der Waals surface area contributed by atoms with E-state index in [1.807, 2.05) is 20.8 Å². The number of nitrogens with one attached hydrogen (secondary N) is 4. The summed E-state index contributed by atoms with van der Waals surface area (Å²) in [5.74, 6) is -8.72. The number of carbonyl (C=O) groups is 9. The third kappa shape index (κ3) is 14.7. The van der Waals surface area contributed by atoms with Gasteiger partial charge in [0.1, 0.15) is 23.7 Å². The molecule has 2 aliphatic rings. The summed E-state index contributed by atoms with van der Waals surface area (Å²) < 4.78 is 11.4. The highest BCUT2D eigenvalue weighted by Crippen LogP contribution is 2.31. The predicted octanol–water partition coefficient (Wildman–Crippen LogP) is 1.52. The number of carboxylic acid groups (broad SMARTS) is 1. The second-order valence-electron chi connectivity index (χ2n) is 17.0. The Morgan fingerprint density at radius 2 is 1.49 bits per heavy atom. The van der Waals surface area contributed by atoms with Crippen LogP contribution in [-0.2, 0) is 43.0 Å². The number of benzene rings is 1. The smallest absolute Gasteiger partial charge is 0.336 e. The van der Waals surface area contributed by atoms with E-state index in [0.29, 0.717) is 19.3 Å². The number of aromatic carboxylic acids is 1. The van der Waals surface area contributed by atoms with E-state index in [1.54, 1.807) is 27.7 Å². The number of nitrogens with two attached hydrogens (primary N) is 1. The molecule has 1 aromatic carbocycles. The summed E-state index contributed by atoms with van der Waals surface area (Å²) >= 11 is 0. The maximum Gasteiger partial charge on any atom is 0.336 e. The third-order valence-electron chi connectivity index (χ3n) is 9.76. The van der Waals surface area contributed by atoms with Gasteiger partial charge >= 0.3 is 11.9 Å². The molecule has 326 valence electrons. The average Bonchev–Trinajstić information content (AvgIpc) is 3.56. The number of Topliss-reactive ketones (excluding diaryl/α,β-unsaturated/α-hetero) is 1. The van der Waals surface area contributed by atoms with Crippen LogP contribution < -0.4 is 27.0 Å². The number of hydrogen-bond donors (Lipinski definition) is 6. The van der Waals surface area contributed by atoms with Crippen LogP contribution in [0.2, 0.25) is 0 Å². The second kappa shape index (κ2) is 21.0. The molecule has 5 atom stereocenters. The van der Waals surface area contributed by atoms with Crippen molar-refractivity contribution in [1.82, 2.24) is 26.2 Å². The number of carboxylic acids is 1. The Morgan fingerprint density at radius 3 is 2.05 bits per heavy atom. The number of likely N-dealkylation sites (tertiary alicyclic amines) is 1. The fourth-order valence-electron chi connectivity index (χ4n) is 7.24. The van der Waals surface area contributed by atoms with Gasteiger partial charge < -0.3 is 46.5 Å². The minimum atomic E-state index is -1.45. The molecule has 59 heavy (non-hydrogen) atoms. The van der Waals surface area contributed by atoms with Crippen LogP contribution in [0.25, 0.3) is 0 Å². The van der Waals surface area contributed by atoms with E-state index in [-0.39, 0.29) is 36.4 Å². The topological polar surface area (TPSA) is 270 Å². The molecule has 2 fully saturated rings. The van der Waals surface area contributed by atoms with Crippen molar-refractivity contribution in [3.63, 3.8) is 0 Å². The first-order valence-corrected chi connectivity index (χ1v) is 20.1. The predicted molar refractivity (Wildman–Crippen MR) is 212 cm³/mol. The lowest BCUT2D eigenvalue weighted by Crippen LogP contribution is -2.58. The van der Waals surface area contributed by atoms with Crippen LogP contribution in [0.4, 0.5) is 0 Å². The number of carbonyl (C=O) groups excluding carboxylic acids is 8. The van der Waals surface area contributed by atoms with Crippen LogP contribution >= 0.6 is 0 Å². The molecule has 0 radical (unpaired) electrons. The van der Waals surface area contributed by atoms with Gasteiger partial charge in [0.05, 0.1) is 41.8 Å². The normalized spacial score (nSPS) is 18.7. The van der Waals surface area contributed by atoms with Gasteiger partial charge in [0.15, 0.2) is 0 Å². The van der Waals surface area contributed by atoms with E-state index in [1.165, 1.54) is 29.2 Å². The van der Waals surface area contributed by atoms with E-state index < -0.39 is 108 Å². The van der Waals surface area contributed by atoms with Gasteiger partial charge in [0.2, 0.25) is 29.4 Å². The summed E-state index contributed by atoms with van der Waals surface area (Å²) in [6.07, 6.45) is 2.99. The van der Waals surface area contributed by atoms with Gasteiger partial charge in [0.25, 0.3) is 11.8 Å². The van der Waals surface area contributed by atoms with E-state index >= 15 is 0 Å². The summed E-state index contributed by atoms with van der Waals surface area (Å²) in [6, 6.07) is 0.554. The second-order valence-corrected chi connectivity index (χ2v) is 17.0. The van der Waals surface area contributed by atoms with Crippen molar-refractivity contribution in [2.75, 3.05) is 13.1 Å². The Hall–Kier alpha value is -5.39. The van der Waals surface area contributed by atoms with Gasteiger partial charge in [-0.25, -0.2) is 4.79 Å². The fourth-order valence-corrected chi connectivity index (χ4v) is 7.24. The lowest BCUT2D eigenvalue weighted by Gasteiger charge is -2.35. The highest BCUT2D eigenvalue weighted by atomic mass is 16.6. The Bertz CT molecular complexity index is 1750. The van der Waals surface area contributed by atoms with E-state index in [0.717, 1.165) is 19.3 Å². The third-order valence-corrected chi connectivity index (χ3v) is 9.76. The molecule has 1 aliphatic carbocycles. The fraction of sp³-hybridized carbons (Fsp3) is 0.634.